The summed E-state index contributed by atoms with van der Waals surface area (Å²) in [5.74, 6) is 0.528. The largest absolute Gasteiger partial charge is 0.508 e. The molecule has 0 N–H and O–H groups in total. The summed E-state index contributed by atoms with van der Waals surface area (Å²) in [6.07, 6.45) is 29.6. The van der Waals surface area contributed by atoms with Crippen LogP contribution in [-0.2, 0) is 28.5 Å². The Morgan fingerprint density at radius 1 is 0.404 bits per heavy atom. The molecular weight excluding hydrogens is 717 g/mol. The summed E-state index contributed by atoms with van der Waals surface area (Å²) in [5.41, 5.74) is 0. The van der Waals surface area contributed by atoms with Crippen molar-refractivity contribution in [3.05, 3.63) is 0 Å². The lowest BCUT2D eigenvalue weighted by Crippen LogP contribution is -2.39. The molecule has 1 atom stereocenters. The van der Waals surface area contributed by atoms with Crippen LogP contribution < -0.4 is 0 Å². The SMILES string of the molecule is CCCCCCCC(=O)OCCN(CCOC(=O)OC(CCCCCC)CCCCCCCCC(=O)OCCC(CCCCC)CCCCC)CCN(CC)CC. The lowest BCUT2D eigenvalue weighted by Gasteiger charge is -2.26. The second-order valence-corrected chi connectivity index (χ2v) is 16.5. The van der Waals surface area contributed by atoms with Crippen LogP contribution in [0.25, 0.3) is 0 Å². The number of likely N-dealkylation sites (N-methyl/N-ethyl adjacent to an activating group) is 1. The van der Waals surface area contributed by atoms with E-state index in [1.165, 1.54) is 83.5 Å². The topological polar surface area (TPSA) is 94.6 Å². The third-order valence-corrected chi connectivity index (χ3v) is 11.4. The van der Waals surface area contributed by atoms with Crippen molar-refractivity contribution in [2.75, 3.05) is 59.1 Å². The predicted molar refractivity (Wildman–Crippen MR) is 238 cm³/mol. The van der Waals surface area contributed by atoms with Crippen LogP contribution >= 0.6 is 0 Å². The molecule has 338 valence electrons. The molecule has 0 radical (unpaired) electrons. The zero-order valence-corrected chi connectivity index (χ0v) is 38.6. The number of hydrogen-bond acceptors (Lipinski definition) is 9. The molecule has 1 unspecified atom stereocenters. The molecule has 0 fully saturated rings. The molecule has 0 amide bonds. The molecule has 0 aromatic heterocycles. The molecule has 0 aromatic carbocycles. The molecule has 0 saturated carbocycles. The molecule has 0 aliphatic rings. The third-order valence-electron chi connectivity index (χ3n) is 11.4. The van der Waals surface area contributed by atoms with Gasteiger partial charge in [-0.3, -0.25) is 14.5 Å². The quantitative estimate of drug-likeness (QED) is 0.0339. The fourth-order valence-electron chi connectivity index (χ4n) is 7.44. The first kappa shape index (κ1) is 55.1. The van der Waals surface area contributed by atoms with Crippen LogP contribution in [-0.4, -0.2) is 93.1 Å². The molecule has 9 nitrogen and oxygen atoms in total. The minimum atomic E-state index is -0.580. The first-order valence-electron chi connectivity index (χ1n) is 24.4. The highest BCUT2D eigenvalue weighted by molar-refractivity contribution is 5.69. The molecule has 0 spiro atoms. The van der Waals surface area contributed by atoms with Crippen molar-refractivity contribution in [2.24, 2.45) is 5.92 Å². The van der Waals surface area contributed by atoms with Crippen LogP contribution in [0.2, 0.25) is 0 Å². The molecular formula is C48H94N2O7. The number of nitrogens with zero attached hydrogens (tertiary/aromatic N) is 2. The van der Waals surface area contributed by atoms with Crippen molar-refractivity contribution in [3.8, 4) is 0 Å². The van der Waals surface area contributed by atoms with Gasteiger partial charge in [0.15, 0.2) is 0 Å². The predicted octanol–water partition coefficient (Wildman–Crippen LogP) is 12.9. The number of carbonyl (C=O) groups excluding carboxylic acids is 3. The van der Waals surface area contributed by atoms with Crippen LogP contribution in [0.5, 0.6) is 0 Å². The van der Waals surface area contributed by atoms with E-state index in [0.29, 0.717) is 45.1 Å². The summed E-state index contributed by atoms with van der Waals surface area (Å²) in [7, 11) is 0. The van der Waals surface area contributed by atoms with Crippen LogP contribution in [0.4, 0.5) is 4.79 Å². The average Bonchev–Trinajstić information content (AvgIpc) is 3.20. The number of hydrogen-bond donors (Lipinski definition) is 0. The summed E-state index contributed by atoms with van der Waals surface area (Å²) in [6, 6.07) is 0. The van der Waals surface area contributed by atoms with E-state index in [1.807, 2.05) is 0 Å². The maximum absolute atomic E-state index is 12.8. The Labute approximate surface area is 352 Å². The molecule has 0 aliphatic heterocycles. The minimum Gasteiger partial charge on any atom is -0.466 e. The van der Waals surface area contributed by atoms with Crippen molar-refractivity contribution in [1.29, 1.82) is 0 Å². The fraction of sp³-hybridized carbons (Fsp3) is 0.938. The standard InChI is InChI=1S/C48H94N2O7/c1-7-13-17-21-28-35-47(52)55-42-39-50(38-37-49(11-5)12-6)40-43-56-48(53)57-45(32-26-18-14-8-2)33-27-22-19-20-23-29-34-46(51)54-41-36-44(30-24-15-9-3)31-25-16-10-4/h44-45H,7-43H2,1-6H3. The zero-order valence-electron chi connectivity index (χ0n) is 38.6. The number of carbonyl (C=O) groups is 3. The molecule has 0 heterocycles. The number of esters is 2. The summed E-state index contributed by atoms with van der Waals surface area (Å²) < 4.78 is 22.7. The first-order chi connectivity index (χ1) is 27.8. The summed E-state index contributed by atoms with van der Waals surface area (Å²) in [6.45, 7) is 19.3. The highest BCUT2D eigenvalue weighted by Crippen LogP contribution is 2.22. The van der Waals surface area contributed by atoms with E-state index in [1.54, 1.807) is 0 Å². The third kappa shape index (κ3) is 36.9. The monoisotopic (exact) mass is 811 g/mol. The minimum absolute atomic E-state index is 0.0394. The van der Waals surface area contributed by atoms with Crippen LogP contribution in [0.3, 0.4) is 0 Å². The normalized spacial score (nSPS) is 12.1. The molecule has 0 aliphatic carbocycles. The maximum Gasteiger partial charge on any atom is 0.508 e. The van der Waals surface area contributed by atoms with Gasteiger partial charge in [-0.25, -0.2) is 4.79 Å². The van der Waals surface area contributed by atoms with E-state index in [2.05, 4.69) is 51.3 Å². The second-order valence-electron chi connectivity index (χ2n) is 16.5. The van der Waals surface area contributed by atoms with E-state index in [0.717, 1.165) is 110 Å². The van der Waals surface area contributed by atoms with Gasteiger partial charge in [0, 0.05) is 39.0 Å². The van der Waals surface area contributed by atoms with Crippen LogP contribution in [0, 0.1) is 5.92 Å². The Kier molecular flexibility index (Phi) is 40.9. The van der Waals surface area contributed by atoms with Gasteiger partial charge < -0.3 is 23.8 Å². The lowest BCUT2D eigenvalue weighted by molar-refractivity contribution is -0.145. The Balaban J connectivity index is 4.55. The van der Waals surface area contributed by atoms with Gasteiger partial charge in [-0.2, -0.15) is 0 Å². The van der Waals surface area contributed by atoms with Gasteiger partial charge >= 0.3 is 18.1 Å². The number of rotatable bonds is 43. The lowest BCUT2D eigenvalue weighted by atomic mass is 9.92. The number of unbranched alkanes of at least 4 members (excludes halogenated alkanes) is 16. The van der Waals surface area contributed by atoms with E-state index < -0.39 is 6.16 Å². The molecule has 0 saturated heterocycles. The van der Waals surface area contributed by atoms with Gasteiger partial charge in [-0.1, -0.05) is 164 Å². The maximum atomic E-state index is 12.8. The van der Waals surface area contributed by atoms with Crippen molar-refractivity contribution < 1.29 is 33.3 Å². The van der Waals surface area contributed by atoms with E-state index in [-0.39, 0.29) is 24.6 Å². The van der Waals surface area contributed by atoms with Gasteiger partial charge in [0.05, 0.1) is 6.61 Å². The average molecular weight is 811 g/mol. The zero-order chi connectivity index (χ0) is 42.0. The smallest absolute Gasteiger partial charge is 0.466 e. The van der Waals surface area contributed by atoms with Gasteiger partial charge in [0.1, 0.15) is 19.3 Å². The Bertz CT molecular complexity index is 890. The van der Waals surface area contributed by atoms with E-state index in [4.69, 9.17) is 18.9 Å². The van der Waals surface area contributed by atoms with E-state index in [9.17, 15) is 14.4 Å². The molecule has 0 rings (SSSR count). The van der Waals surface area contributed by atoms with Crippen molar-refractivity contribution >= 4 is 18.1 Å². The highest BCUT2D eigenvalue weighted by atomic mass is 16.7. The second kappa shape index (κ2) is 42.3. The molecule has 9 heteroatoms. The van der Waals surface area contributed by atoms with Gasteiger partial charge in [0.25, 0.3) is 0 Å². The fourth-order valence-corrected chi connectivity index (χ4v) is 7.44. The molecule has 0 aromatic rings. The highest BCUT2D eigenvalue weighted by Gasteiger charge is 2.17. The van der Waals surface area contributed by atoms with Crippen molar-refractivity contribution in [1.82, 2.24) is 9.80 Å². The Hall–Kier alpha value is -1.87. The number of ether oxygens (including phenoxy) is 4. The van der Waals surface area contributed by atoms with Crippen molar-refractivity contribution in [2.45, 2.75) is 227 Å². The van der Waals surface area contributed by atoms with E-state index >= 15 is 0 Å². The molecule has 57 heavy (non-hydrogen) atoms. The van der Waals surface area contributed by atoms with Crippen molar-refractivity contribution in [3.63, 3.8) is 0 Å². The first-order valence-corrected chi connectivity index (χ1v) is 24.4. The van der Waals surface area contributed by atoms with Gasteiger partial charge in [-0.15, -0.1) is 0 Å². The van der Waals surface area contributed by atoms with Gasteiger partial charge in [-0.05, 0) is 64.0 Å². The van der Waals surface area contributed by atoms with Gasteiger partial charge in [0.2, 0.25) is 0 Å². The van der Waals surface area contributed by atoms with Crippen LogP contribution in [0.1, 0.15) is 221 Å². The Morgan fingerprint density at radius 3 is 1.33 bits per heavy atom. The summed E-state index contributed by atoms with van der Waals surface area (Å²) in [5, 5.41) is 0. The summed E-state index contributed by atoms with van der Waals surface area (Å²) in [4.78, 5) is 42.0. The van der Waals surface area contributed by atoms with Crippen LogP contribution in [0.15, 0.2) is 0 Å². The molecule has 0 bridgehead atoms. The summed E-state index contributed by atoms with van der Waals surface area (Å²) >= 11 is 0. The Morgan fingerprint density at radius 2 is 0.807 bits per heavy atom.